The maximum Gasteiger partial charge on any atom is 0.124 e. The zero-order valence-corrected chi connectivity index (χ0v) is 13.0. The van der Waals surface area contributed by atoms with Gasteiger partial charge in [-0.15, -0.1) is 0 Å². The summed E-state index contributed by atoms with van der Waals surface area (Å²) < 4.78 is 5.82. The summed E-state index contributed by atoms with van der Waals surface area (Å²) in [7, 11) is 1.87. The second-order valence-corrected chi connectivity index (χ2v) is 5.65. The van der Waals surface area contributed by atoms with Gasteiger partial charge in [0.15, 0.2) is 0 Å². The lowest BCUT2D eigenvalue weighted by atomic mass is 9.97. The second kappa shape index (κ2) is 6.94. The van der Waals surface area contributed by atoms with Gasteiger partial charge in [0.1, 0.15) is 18.0 Å². The lowest BCUT2D eigenvalue weighted by Crippen LogP contribution is -2.29. The van der Waals surface area contributed by atoms with Gasteiger partial charge in [0.2, 0.25) is 0 Å². The van der Waals surface area contributed by atoms with Crippen molar-refractivity contribution in [3.8, 4) is 5.75 Å². The Kier molecular flexibility index (Phi) is 5.23. The molecule has 2 aromatic carbocycles. The molecule has 0 saturated heterocycles. The number of rotatable bonds is 6. The highest BCUT2D eigenvalue weighted by Gasteiger charge is 2.24. The lowest BCUT2D eigenvalue weighted by Gasteiger charge is -2.24. The summed E-state index contributed by atoms with van der Waals surface area (Å²) in [6, 6.07) is 15.0. The average Bonchev–Trinajstić information content (AvgIpc) is 2.48. The first-order valence-corrected chi connectivity index (χ1v) is 7.24. The number of benzene rings is 2. The summed E-state index contributed by atoms with van der Waals surface area (Å²) in [5.41, 5.74) is 0.751. The van der Waals surface area contributed by atoms with Crippen molar-refractivity contribution in [3.63, 3.8) is 0 Å². The molecule has 0 fully saturated rings. The van der Waals surface area contributed by atoms with E-state index in [0.29, 0.717) is 11.6 Å². The summed E-state index contributed by atoms with van der Waals surface area (Å²) in [5, 5.41) is 14.3. The Morgan fingerprint density at radius 1 is 1.19 bits per heavy atom. The Labute approximate surface area is 130 Å². The van der Waals surface area contributed by atoms with E-state index < -0.39 is 5.60 Å². The number of aliphatic hydroxyl groups is 1. The van der Waals surface area contributed by atoms with Crippen LogP contribution in [0.4, 0.5) is 0 Å². The predicted octanol–water partition coefficient (Wildman–Crippen LogP) is 3.35. The number of hydrogen-bond acceptors (Lipinski definition) is 3. The number of halogens is 1. The summed E-state index contributed by atoms with van der Waals surface area (Å²) in [4.78, 5) is 0. The number of hydrogen-bond donors (Lipinski definition) is 2. The minimum absolute atomic E-state index is 0.176. The molecule has 2 rings (SSSR count). The Hall–Kier alpha value is -1.55. The third kappa shape index (κ3) is 4.21. The molecule has 112 valence electrons. The van der Waals surface area contributed by atoms with Crippen molar-refractivity contribution in [3.05, 3.63) is 64.7 Å². The maximum atomic E-state index is 10.6. The SMILES string of the molecule is CNCc1cc(Cl)ccc1OCC(C)(O)c1ccccc1. The molecule has 0 saturated carbocycles. The van der Waals surface area contributed by atoms with Crippen LogP contribution in [0.5, 0.6) is 5.75 Å². The van der Waals surface area contributed by atoms with Crippen LogP contribution in [0.3, 0.4) is 0 Å². The highest BCUT2D eigenvalue weighted by Crippen LogP contribution is 2.26. The second-order valence-electron chi connectivity index (χ2n) is 5.21. The van der Waals surface area contributed by atoms with Crippen molar-refractivity contribution < 1.29 is 9.84 Å². The van der Waals surface area contributed by atoms with Gasteiger partial charge in [-0.2, -0.15) is 0 Å². The Morgan fingerprint density at radius 2 is 1.90 bits per heavy atom. The Morgan fingerprint density at radius 3 is 2.57 bits per heavy atom. The van der Waals surface area contributed by atoms with E-state index in [1.807, 2.05) is 49.5 Å². The first kappa shape index (κ1) is 15.8. The van der Waals surface area contributed by atoms with Crippen molar-refractivity contribution >= 4 is 11.6 Å². The third-order valence-corrected chi connectivity index (χ3v) is 3.53. The minimum Gasteiger partial charge on any atom is -0.490 e. The van der Waals surface area contributed by atoms with E-state index in [2.05, 4.69) is 5.32 Å². The molecular weight excluding hydrogens is 286 g/mol. The van der Waals surface area contributed by atoms with Crippen LogP contribution in [0.2, 0.25) is 5.02 Å². The zero-order chi connectivity index (χ0) is 15.3. The number of ether oxygens (including phenoxy) is 1. The average molecular weight is 306 g/mol. The first-order chi connectivity index (χ1) is 10.0. The molecule has 3 nitrogen and oxygen atoms in total. The molecule has 0 aliphatic carbocycles. The fraction of sp³-hybridized carbons (Fsp3) is 0.294. The molecule has 2 aromatic rings. The quantitative estimate of drug-likeness (QED) is 0.860. The van der Waals surface area contributed by atoms with Gasteiger partial charge in [-0.1, -0.05) is 41.9 Å². The molecular formula is C17H20ClNO2. The van der Waals surface area contributed by atoms with Gasteiger partial charge >= 0.3 is 0 Å². The zero-order valence-electron chi connectivity index (χ0n) is 12.3. The van der Waals surface area contributed by atoms with Crippen LogP contribution in [-0.4, -0.2) is 18.8 Å². The first-order valence-electron chi connectivity index (χ1n) is 6.86. The topological polar surface area (TPSA) is 41.5 Å². The van der Waals surface area contributed by atoms with E-state index >= 15 is 0 Å². The summed E-state index contributed by atoms with van der Waals surface area (Å²) in [6.45, 7) is 2.58. The Bertz CT molecular complexity index is 585. The van der Waals surface area contributed by atoms with Gasteiger partial charge in [-0.05, 0) is 37.7 Å². The van der Waals surface area contributed by atoms with Crippen LogP contribution in [0, 0.1) is 0 Å². The summed E-state index contributed by atoms with van der Waals surface area (Å²) in [6.07, 6.45) is 0. The van der Waals surface area contributed by atoms with Crippen molar-refractivity contribution in [2.45, 2.75) is 19.1 Å². The summed E-state index contributed by atoms with van der Waals surface area (Å²) >= 11 is 6.01. The molecule has 0 spiro atoms. The molecule has 1 unspecified atom stereocenters. The van der Waals surface area contributed by atoms with Crippen molar-refractivity contribution in [1.29, 1.82) is 0 Å². The molecule has 0 aliphatic heterocycles. The van der Waals surface area contributed by atoms with Crippen LogP contribution < -0.4 is 10.1 Å². The van der Waals surface area contributed by atoms with E-state index in [-0.39, 0.29) is 6.61 Å². The van der Waals surface area contributed by atoms with Gasteiger partial charge in [0, 0.05) is 17.1 Å². The molecule has 1 atom stereocenters. The van der Waals surface area contributed by atoms with Crippen molar-refractivity contribution in [2.75, 3.05) is 13.7 Å². The molecule has 0 bridgehead atoms. The standard InChI is InChI=1S/C17H20ClNO2/c1-17(20,14-6-4-3-5-7-14)12-21-16-9-8-15(18)10-13(16)11-19-2/h3-10,19-20H,11-12H2,1-2H3. The van der Waals surface area contributed by atoms with Crippen molar-refractivity contribution in [1.82, 2.24) is 5.32 Å². The minimum atomic E-state index is -1.04. The normalized spacial score (nSPS) is 13.7. The van der Waals surface area contributed by atoms with Gasteiger partial charge in [-0.3, -0.25) is 0 Å². The van der Waals surface area contributed by atoms with Crippen molar-refractivity contribution in [2.24, 2.45) is 0 Å². The Balaban J connectivity index is 2.12. The van der Waals surface area contributed by atoms with Crippen LogP contribution in [0.1, 0.15) is 18.1 Å². The van der Waals surface area contributed by atoms with E-state index in [1.54, 1.807) is 13.0 Å². The maximum absolute atomic E-state index is 10.6. The molecule has 0 aromatic heterocycles. The number of nitrogens with one attached hydrogen (secondary N) is 1. The fourth-order valence-corrected chi connectivity index (χ4v) is 2.31. The largest absolute Gasteiger partial charge is 0.490 e. The van der Waals surface area contributed by atoms with Crippen LogP contribution in [0.25, 0.3) is 0 Å². The lowest BCUT2D eigenvalue weighted by molar-refractivity contribution is 0.00729. The summed E-state index contributed by atoms with van der Waals surface area (Å²) in [5.74, 6) is 0.727. The van der Waals surface area contributed by atoms with Gasteiger partial charge in [0.25, 0.3) is 0 Å². The molecule has 0 radical (unpaired) electrons. The molecule has 0 aliphatic rings. The smallest absolute Gasteiger partial charge is 0.124 e. The van der Waals surface area contributed by atoms with Gasteiger partial charge in [0.05, 0.1) is 0 Å². The van der Waals surface area contributed by atoms with Crippen LogP contribution >= 0.6 is 11.6 Å². The van der Waals surface area contributed by atoms with E-state index in [0.717, 1.165) is 16.9 Å². The van der Waals surface area contributed by atoms with E-state index in [9.17, 15) is 5.11 Å². The van der Waals surface area contributed by atoms with Crippen LogP contribution in [0.15, 0.2) is 48.5 Å². The third-order valence-electron chi connectivity index (χ3n) is 3.29. The molecule has 0 heterocycles. The molecule has 2 N–H and O–H groups in total. The fourth-order valence-electron chi connectivity index (χ4n) is 2.12. The van der Waals surface area contributed by atoms with E-state index in [4.69, 9.17) is 16.3 Å². The van der Waals surface area contributed by atoms with E-state index in [1.165, 1.54) is 0 Å². The van der Waals surface area contributed by atoms with Crippen LogP contribution in [-0.2, 0) is 12.1 Å². The molecule has 4 heteroatoms. The predicted molar refractivity (Wildman–Crippen MR) is 85.7 cm³/mol. The highest BCUT2D eigenvalue weighted by atomic mass is 35.5. The monoisotopic (exact) mass is 305 g/mol. The highest BCUT2D eigenvalue weighted by molar-refractivity contribution is 6.30. The molecule has 0 amide bonds. The van der Waals surface area contributed by atoms with Gasteiger partial charge in [-0.25, -0.2) is 0 Å². The van der Waals surface area contributed by atoms with Gasteiger partial charge < -0.3 is 15.2 Å². The molecule has 21 heavy (non-hydrogen) atoms.